The van der Waals surface area contributed by atoms with E-state index in [0.29, 0.717) is 6.04 Å². The molecule has 0 aromatic heterocycles. The van der Waals surface area contributed by atoms with Crippen LogP contribution in [0.15, 0.2) is 24.3 Å². The summed E-state index contributed by atoms with van der Waals surface area (Å²) in [5.74, 6) is 0.889. The summed E-state index contributed by atoms with van der Waals surface area (Å²) in [6.07, 6.45) is 3.72. The molecule has 2 rings (SSSR count). The third kappa shape index (κ3) is 3.84. The molecule has 0 amide bonds. The predicted molar refractivity (Wildman–Crippen MR) is 85.7 cm³/mol. The molecular formula is C16H27NO2Si. The van der Waals surface area contributed by atoms with Crippen molar-refractivity contribution in [2.75, 3.05) is 21.2 Å². The van der Waals surface area contributed by atoms with Gasteiger partial charge in [-0.3, -0.25) is 0 Å². The highest BCUT2D eigenvalue weighted by Crippen LogP contribution is 2.36. The molecule has 1 aliphatic heterocycles. The van der Waals surface area contributed by atoms with Crippen LogP contribution in [-0.4, -0.2) is 39.2 Å². The third-order valence-electron chi connectivity index (χ3n) is 4.48. The van der Waals surface area contributed by atoms with Gasteiger partial charge in [-0.15, -0.1) is 0 Å². The maximum Gasteiger partial charge on any atom is 0.190 e. The van der Waals surface area contributed by atoms with Crippen LogP contribution in [0.2, 0.25) is 18.1 Å². The van der Waals surface area contributed by atoms with Crippen molar-refractivity contribution in [2.24, 2.45) is 0 Å². The van der Waals surface area contributed by atoms with Gasteiger partial charge in [-0.25, -0.2) is 0 Å². The number of hydrogen-bond donors (Lipinski definition) is 1. The van der Waals surface area contributed by atoms with Gasteiger partial charge in [0.1, 0.15) is 5.75 Å². The summed E-state index contributed by atoms with van der Waals surface area (Å²) >= 11 is 0. The van der Waals surface area contributed by atoms with E-state index in [4.69, 9.17) is 4.74 Å². The van der Waals surface area contributed by atoms with Crippen molar-refractivity contribution in [3.63, 3.8) is 0 Å². The molecule has 3 nitrogen and oxygen atoms in total. The molecule has 0 spiro atoms. The van der Waals surface area contributed by atoms with Crippen molar-refractivity contribution in [3.8, 4) is 5.75 Å². The highest BCUT2D eigenvalue weighted by Gasteiger charge is 2.36. The van der Waals surface area contributed by atoms with Gasteiger partial charge in [-0.05, 0) is 49.9 Å². The van der Waals surface area contributed by atoms with Crippen LogP contribution < -0.4 is 4.74 Å². The van der Waals surface area contributed by atoms with Gasteiger partial charge in [-0.1, -0.05) is 31.4 Å². The second kappa shape index (κ2) is 6.74. The fourth-order valence-corrected chi connectivity index (χ4v) is 6.99. The number of rotatable bonds is 5. The Labute approximate surface area is 123 Å². The fraction of sp³-hybridized carbons (Fsp3) is 0.625. The standard InChI is InChI=1S/C16H27NO2Si/c1-17(2)16(13-20(18)11-5-4-6-12-20)14-7-9-15(19-3)10-8-14/h7-10,16,18H,4-6,11-13H2,1-3H3. The Bertz CT molecular complexity index is 413. The SMILES string of the molecule is COc1ccc(C(C[Si]2(O)CCCCC2)N(C)C)cc1. The molecule has 1 heterocycles. The molecule has 0 bridgehead atoms. The highest BCUT2D eigenvalue weighted by molar-refractivity contribution is 6.72. The molecule has 1 atom stereocenters. The fourth-order valence-electron chi connectivity index (χ4n) is 3.20. The van der Waals surface area contributed by atoms with Crippen molar-refractivity contribution in [2.45, 2.75) is 43.4 Å². The summed E-state index contributed by atoms with van der Waals surface area (Å²) in [6, 6.07) is 11.7. The minimum atomic E-state index is -2.04. The van der Waals surface area contributed by atoms with Crippen molar-refractivity contribution in [1.29, 1.82) is 0 Å². The van der Waals surface area contributed by atoms with Crippen LogP contribution in [0.5, 0.6) is 5.75 Å². The average Bonchev–Trinajstić information content (AvgIpc) is 2.45. The third-order valence-corrected chi connectivity index (χ3v) is 8.20. The van der Waals surface area contributed by atoms with Crippen LogP contribution in [-0.2, 0) is 0 Å². The predicted octanol–water partition coefficient (Wildman–Crippen LogP) is 3.42. The van der Waals surface area contributed by atoms with Crippen LogP contribution >= 0.6 is 0 Å². The van der Waals surface area contributed by atoms with E-state index in [1.165, 1.54) is 24.8 Å². The zero-order valence-electron chi connectivity index (χ0n) is 12.9. The second-order valence-electron chi connectivity index (χ2n) is 6.24. The normalized spacial score (nSPS) is 19.9. The monoisotopic (exact) mass is 293 g/mol. The molecule has 0 saturated carbocycles. The minimum absolute atomic E-state index is 0.315. The van der Waals surface area contributed by atoms with Crippen molar-refractivity contribution in [3.05, 3.63) is 29.8 Å². The lowest BCUT2D eigenvalue weighted by Gasteiger charge is -2.35. The first-order chi connectivity index (χ1) is 9.54. The van der Waals surface area contributed by atoms with E-state index in [2.05, 4.69) is 31.1 Å². The van der Waals surface area contributed by atoms with E-state index in [1.54, 1.807) is 7.11 Å². The Morgan fingerprint density at radius 1 is 1.15 bits per heavy atom. The number of ether oxygens (including phenoxy) is 1. The van der Waals surface area contributed by atoms with Crippen LogP contribution in [0.3, 0.4) is 0 Å². The summed E-state index contributed by atoms with van der Waals surface area (Å²) in [5.41, 5.74) is 1.28. The zero-order valence-corrected chi connectivity index (χ0v) is 13.9. The van der Waals surface area contributed by atoms with Gasteiger partial charge in [0, 0.05) is 6.04 Å². The molecule has 112 valence electrons. The number of benzene rings is 1. The molecular weight excluding hydrogens is 266 g/mol. The van der Waals surface area contributed by atoms with E-state index in [1.807, 2.05) is 12.1 Å². The van der Waals surface area contributed by atoms with Gasteiger partial charge < -0.3 is 14.4 Å². The number of hydrogen-bond acceptors (Lipinski definition) is 3. The molecule has 0 radical (unpaired) electrons. The smallest absolute Gasteiger partial charge is 0.190 e. The van der Waals surface area contributed by atoms with Crippen molar-refractivity contribution in [1.82, 2.24) is 4.90 Å². The zero-order chi connectivity index (χ0) is 14.6. The number of methoxy groups -OCH3 is 1. The van der Waals surface area contributed by atoms with Gasteiger partial charge in [0.2, 0.25) is 0 Å². The Hall–Kier alpha value is -0.843. The Morgan fingerprint density at radius 2 is 1.75 bits per heavy atom. The Balaban J connectivity index is 2.13. The summed E-state index contributed by atoms with van der Waals surface area (Å²) in [5, 5.41) is 0. The molecule has 1 unspecified atom stereocenters. The lowest BCUT2D eigenvalue weighted by atomic mass is 10.1. The average molecular weight is 293 g/mol. The van der Waals surface area contributed by atoms with Crippen molar-refractivity contribution >= 4 is 8.32 Å². The van der Waals surface area contributed by atoms with Crippen LogP contribution in [0.25, 0.3) is 0 Å². The summed E-state index contributed by atoms with van der Waals surface area (Å²) in [4.78, 5) is 13.2. The molecule has 1 aliphatic rings. The van der Waals surface area contributed by atoms with Gasteiger partial charge in [-0.2, -0.15) is 0 Å². The molecule has 1 aromatic rings. The number of nitrogens with zero attached hydrogens (tertiary/aromatic N) is 1. The first-order valence-electron chi connectivity index (χ1n) is 7.57. The maximum atomic E-state index is 10.9. The van der Waals surface area contributed by atoms with Crippen LogP contribution in [0.4, 0.5) is 0 Å². The molecule has 20 heavy (non-hydrogen) atoms. The van der Waals surface area contributed by atoms with E-state index >= 15 is 0 Å². The second-order valence-corrected chi connectivity index (χ2v) is 10.1. The molecule has 1 N–H and O–H groups in total. The molecule has 4 heteroatoms. The van der Waals surface area contributed by atoms with Gasteiger partial charge in [0.25, 0.3) is 0 Å². The van der Waals surface area contributed by atoms with Gasteiger partial charge in [0.15, 0.2) is 8.32 Å². The largest absolute Gasteiger partial charge is 0.497 e. The van der Waals surface area contributed by atoms with E-state index in [0.717, 1.165) is 23.9 Å². The first-order valence-corrected chi connectivity index (χ1v) is 10.1. The topological polar surface area (TPSA) is 32.7 Å². The molecule has 1 saturated heterocycles. The van der Waals surface area contributed by atoms with Gasteiger partial charge in [0.05, 0.1) is 7.11 Å². The molecule has 0 aliphatic carbocycles. The quantitative estimate of drug-likeness (QED) is 0.844. The van der Waals surface area contributed by atoms with Crippen LogP contribution in [0.1, 0.15) is 30.9 Å². The Morgan fingerprint density at radius 3 is 2.25 bits per heavy atom. The van der Waals surface area contributed by atoms with Crippen molar-refractivity contribution < 1.29 is 9.53 Å². The lowest BCUT2D eigenvalue weighted by molar-refractivity contribution is 0.306. The maximum absolute atomic E-state index is 10.9. The summed E-state index contributed by atoms with van der Waals surface area (Å²) < 4.78 is 5.22. The van der Waals surface area contributed by atoms with Crippen LogP contribution in [0, 0.1) is 0 Å². The highest BCUT2D eigenvalue weighted by atomic mass is 28.4. The Kier molecular flexibility index (Phi) is 5.24. The molecule has 1 aromatic carbocycles. The van der Waals surface area contributed by atoms with E-state index < -0.39 is 8.32 Å². The minimum Gasteiger partial charge on any atom is -0.497 e. The first kappa shape index (κ1) is 15.5. The van der Waals surface area contributed by atoms with E-state index in [9.17, 15) is 4.80 Å². The molecule has 1 fully saturated rings. The van der Waals surface area contributed by atoms with E-state index in [-0.39, 0.29) is 0 Å². The van der Waals surface area contributed by atoms with Gasteiger partial charge >= 0.3 is 0 Å². The lowest BCUT2D eigenvalue weighted by Crippen LogP contribution is -2.40. The summed E-state index contributed by atoms with van der Waals surface area (Å²) in [6.45, 7) is 0. The summed E-state index contributed by atoms with van der Waals surface area (Å²) in [7, 11) is 3.86.